The van der Waals surface area contributed by atoms with E-state index in [0.717, 1.165) is 12.8 Å². The van der Waals surface area contributed by atoms with Crippen molar-refractivity contribution in [3.8, 4) is 0 Å². The Balaban J connectivity index is -0.000000187. The molecular formula is C14H30W. The van der Waals surface area contributed by atoms with E-state index < -0.39 is 0 Å². The van der Waals surface area contributed by atoms with Gasteiger partial charge in [0.05, 0.1) is 0 Å². The number of hydrogen-bond acceptors (Lipinski definition) is 0. The summed E-state index contributed by atoms with van der Waals surface area (Å²) in [5.41, 5.74) is 0.942. The molecule has 0 aliphatic heterocycles. The number of rotatable bonds is 2. The molecular weight excluding hydrogens is 352 g/mol. The van der Waals surface area contributed by atoms with E-state index in [4.69, 9.17) is 0 Å². The van der Waals surface area contributed by atoms with E-state index in [1.165, 1.54) is 12.8 Å². The Labute approximate surface area is 113 Å². The van der Waals surface area contributed by atoms with E-state index in [9.17, 15) is 0 Å². The quantitative estimate of drug-likeness (QED) is 0.570. The van der Waals surface area contributed by atoms with Gasteiger partial charge in [-0.25, -0.2) is 0 Å². The predicted molar refractivity (Wildman–Crippen MR) is 68.1 cm³/mol. The molecule has 0 saturated carbocycles. The Morgan fingerprint density at radius 2 is 1.13 bits per heavy atom. The molecule has 0 spiro atoms. The summed E-state index contributed by atoms with van der Waals surface area (Å²) >= 11 is 0. The van der Waals surface area contributed by atoms with Crippen LogP contribution >= 0.6 is 0 Å². The molecule has 0 aliphatic rings. The summed E-state index contributed by atoms with van der Waals surface area (Å²) in [5, 5.41) is 0. The van der Waals surface area contributed by atoms with Gasteiger partial charge in [-0.15, -0.1) is 0 Å². The van der Waals surface area contributed by atoms with E-state index in [-0.39, 0.29) is 21.1 Å². The number of unbranched alkanes of at least 4 members (excludes halogenated alkanes) is 1. The SMILES string of the molecule is [CH2-]CC(C)(C)C.[CH2-]CCCC(C)(C)C.[W+2]. The first-order valence-electron chi connectivity index (χ1n) is 5.71. The molecule has 0 aromatic heterocycles. The summed E-state index contributed by atoms with van der Waals surface area (Å²) in [7, 11) is 0. The second kappa shape index (κ2) is 9.88. The van der Waals surface area contributed by atoms with Gasteiger partial charge in [-0.1, -0.05) is 59.8 Å². The normalized spacial score (nSPS) is 11.2. The van der Waals surface area contributed by atoms with Crippen molar-refractivity contribution < 1.29 is 21.1 Å². The Morgan fingerprint density at radius 1 is 0.800 bits per heavy atom. The van der Waals surface area contributed by atoms with Gasteiger partial charge in [-0.2, -0.15) is 12.8 Å². The minimum Gasteiger partial charge on any atom is -0.343 e. The maximum Gasteiger partial charge on any atom is 2.00 e. The maximum atomic E-state index is 3.79. The van der Waals surface area contributed by atoms with Crippen LogP contribution in [0.3, 0.4) is 0 Å². The van der Waals surface area contributed by atoms with Crippen molar-refractivity contribution in [2.24, 2.45) is 10.8 Å². The van der Waals surface area contributed by atoms with Gasteiger partial charge in [0.1, 0.15) is 0 Å². The molecule has 0 radical (unpaired) electrons. The third-order valence-electron chi connectivity index (χ3n) is 1.93. The topological polar surface area (TPSA) is 0 Å². The van der Waals surface area contributed by atoms with Gasteiger partial charge in [-0.3, -0.25) is 0 Å². The summed E-state index contributed by atoms with van der Waals surface area (Å²) in [6.45, 7) is 20.9. The van der Waals surface area contributed by atoms with Crippen molar-refractivity contribution in [1.29, 1.82) is 0 Å². The van der Waals surface area contributed by atoms with E-state index in [1.54, 1.807) is 0 Å². The first-order chi connectivity index (χ1) is 6.12. The maximum absolute atomic E-state index is 3.79. The van der Waals surface area contributed by atoms with Crippen LogP contribution in [0.2, 0.25) is 0 Å². The van der Waals surface area contributed by atoms with Crippen LogP contribution in [-0.4, -0.2) is 0 Å². The average molecular weight is 382 g/mol. The fourth-order valence-corrected chi connectivity index (χ4v) is 0.655. The van der Waals surface area contributed by atoms with Crippen LogP contribution in [0.5, 0.6) is 0 Å². The molecule has 0 heterocycles. The first-order valence-corrected chi connectivity index (χ1v) is 5.71. The van der Waals surface area contributed by atoms with Crippen LogP contribution in [0.1, 0.15) is 67.2 Å². The fraction of sp³-hybridized carbons (Fsp3) is 0.857. The third-order valence-corrected chi connectivity index (χ3v) is 1.93. The zero-order chi connectivity index (χ0) is 11.8. The van der Waals surface area contributed by atoms with Crippen molar-refractivity contribution >= 4 is 0 Å². The molecule has 0 bridgehead atoms. The molecule has 0 N–H and O–H groups in total. The van der Waals surface area contributed by atoms with Gasteiger partial charge < -0.3 is 13.8 Å². The average Bonchev–Trinajstić information content (AvgIpc) is 1.99. The molecule has 0 nitrogen and oxygen atoms in total. The largest absolute Gasteiger partial charge is 2.00 e. The van der Waals surface area contributed by atoms with Crippen molar-refractivity contribution in [3.05, 3.63) is 13.8 Å². The molecule has 0 aliphatic carbocycles. The van der Waals surface area contributed by atoms with Crippen LogP contribution in [0.25, 0.3) is 0 Å². The zero-order valence-corrected chi connectivity index (χ0v) is 14.6. The van der Waals surface area contributed by atoms with Gasteiger partial charge in [0.15, 0.2) is 0 Å². The zero-order valence-electron chi connectivity index (χ0n) is 11.7. The van der Waals surface area contributed by atoms with Crippen LogP contribution in [0, 0.1) is 24.7 Å². The second-order valence-corrected chi connectivity index (χ2v) is 6.33. The van der Waals surface area contributed by atoms with E-state index >= 15 is 0 Å². The Kier molecular flexibility index (Phi) is 13.9. The summed E-state index contributed by atoms with van der Waals surface area (Å²) in [6, 6.07) is 0. The molecule has 0 fully saturated rings. The fourth-order valence-electron chi connectivity index (χ4n) is 0.655. The smallest absolute Gasteiger partial charge is 0.343 e. The minimum atomic E-state index is 0. The second-order valence-electron chi connectivity index (χ2n) is 6.33. The Bertz CT molecular complexity index is 114. The molecule has 1 heteroatoms. The van der Waals surface area contributed by atoms with Gasteiger partial charge >= 0.3 is 21.1 Å². The van der Waals surface area contributed by atoms with Crippen molar-refractivity contribution in [3.63, 3.8) is 0 Å². The Hall–Kier alpha value is 0.688. The molecule has 92 valence electrons. The summed E-state index contributed by atoms with van der Waals surface area (Å²) in [6.07, 6.45) is 4.67. The van der Waals surface area contributed by atoms with Gasteiger partial charge in [0.2, 0.25) is 0 Å². The molecule has 0 aromatic carbocycles. The molecule has 0 amide bonds. The van der Waals surface area contributed by atoms with Crippen molar-refractivity contribution in [1.82, 2.24) is 0 Å². The van der Waals surface area contributed by atoms with Crippen LogP contribution in [-0.2, 0) is 21.1 Å². The van der Waals surface area contributed by atoms with Gasteiger partial charge in [0.25, 0.3) is 0 Å². The predicted octanol–water partition coefficient (Wildman–Crippen LogP) is 5.29. The third kappa shape index (κ3) is 31.3. The first kappa shape index (κ1) is 21.0. The minimum absolute atomic E-state index is 0. The van der Waals surface area contributed by atoms with E-state index in [1.807, 2.05) is 0 Å². The van der Waals surface area contributed by atoms with Crippen LogP contribution in [0.4, 0.5) is 0 Å². The Morgan fingerprint density at radius 3 is 1.20 bits per heavy atom. The molecule has 0 unspecified atom stereocenters. The molecule has 0 aromatic rings. The van der Waals surface area contributed by atoms with E-state index in [2.05, 4.69) is 55.4 Å². The molecule has 0 rings (SSSR count). The monoisotopic (exact) mass is 382 g/mol. The summed E-state index contributed by atoms with van der Waals surface area (Å²) in [5.74, 6) is 0. The van der Waals surface area contributed by atoms with Gasteiger partial charge in [-0.05, 0) is 5.41 Å². The molecule has 0 atom stereocenters. The number of hydrogen-bond donors (Lipinski definition) is 0. The van der Waals surface area contributed by atoms with E-state index in [0.29, 0.717) is 10.8 Å². The van der Waals surface area contributed by atoms with Crippen molar-refractivity contribution in [2.75, 3.05) is 0 Å². The molecule has 0 saturated heterocycles. The molecule has 15 heavy (non-hydrogen) atoms. The van der Waals surface area contributed by atoms with Crippen molar-refractivity contribution in [2.45, 2.75) is 67.2 Å². The van der Waals surface area contributed by atoms with Gasteiger partial charge in [0, 0.05) is 0 Å². The standard InChI is InChI=1S/C8H17.C6H13.W/c1-5-6-7-8(2,3)4;1-5-6(2,3)4;/h1,5-7H2,2-4H3;1,5H2,2-4H3;/q2*-1;+2. The van der Waals surface area contributed by atoms with Crippen LogP contribution < -0.4 is 0 Å². The summed E-state index contributed by atoms with van der Waals surface area (Å²) in [4.78, 5) is 0. The summed E-state index contributed by atoms with van der Waals surface area (Å²) < 4.78 is 0. The van der Waals surface area contributed by atoms with Crippen LogP contribution in [0.15, 0.2) is 0 Å².